The average molecular weight is 274 g/mol. The van der Waals surface area contributed by atoms with Gasteiger partial charge < -0.3 is 14.2 Å². The Balaban J connectivity index is 1.53. The van der Waals surface area contributed by atoms with Crippen LogP contribution >= 0.6 is 0 Å². The fourth-order valence-electron chi connectivity index (χ4n) is 4.12. The van der Waals surface area contributed by atoms with Gasteiger partial charge in [-0.05, 0) is 37.3 Å². The van der Waals surface area contributed by atoms with Crippen LogP contribution in [0.1, 0.15) is 45.4 Å². The van der Waals surface area contributed by atoms with Crippen molar-refractivity contribution in [1.29, 1.82) is 0 Å². The van der Waals surface area contributed by atoms with Crippen molar-refractivity contribution in [2.75, 3.05) is 7.11 Å². The summed E-state index contributed by atoms with van der Waals surface area (Å²) in [6, 6.07) is 0. The van der Waals surface area contributed by atoms with Crippen LogP contribution in [0.25, 0.3) is 0 Å². The summed E-state index contributed by atoms with van der Waals surface area (Å²) in [5.74, 6) is 1.12. The highest BCUT2D eigenvalue weighted by Crippen LogP contribution is 2.54. The standard InChI is InChI=1S/C17H22O3/c1-3-15-17(10-16(19-15)20-17)13-6-4-12-9-14(18-2)7-5-11(12)8-13/h6-7,15-16H,3-5,8-10H2,1-2H3. The topological polar surface area (TPSA) is 27.7 Å². The number of hydrogen-bond acceptors (Lipinski definition) is 3. The molecule has 3 aliphatic heterocycles. The minimum absolute atomic E-state index is 0.0579. The van der Waals surface area contributed by atoms with Gasteiger partial charge in [-0.2, -0.15) is 0 Å². The van der Waals surface area contributed by atoms with Crippen molar-refractivity contribution in [2.24, 2.45) is 0 Å². The molecule has 3 heteroatoms. The molecule has 0 radical (unpaired) electrons. The predicted molar refractivity (Wildman–Crippen MR) is 76.1 cm³/mol. The molecule has 0 spiro atoms. The quantitative estimate of drug-likeness (QED) is 0.736. The van der Waals surface area contributed by atoms with E-state index >= 15 is 0 Å². The average Bonchev–Trinajstić information content (AvgIpc) is 3.01. The smallest absolute Gasteiger partial charge is 0.162 e. The molecule has 0 saturated carbocycles. The second-order valence-electron chi connectivity index (χ2n) is 6.25. The molecule has 2 aliphatic carbocycles. The maximum Gasteiger partial charge on any atom is 0.162 e. The Morgan fingerprint density at radius 2 is 2.00 bits per heavy atom. The van der Waals surface area contributed by atoms with E-state index in [0.717, 1.165) is 44.3 Å². The van der Waals surface area contributed by atoms with Crippen molar-refractivity contribution in [3.63, 3.8) is 0 Å². The van der Waals surface area contributed by atoms with E-state index in [1.165, 1.54) is 5.57 Å². The zero-order valence-electron chi connectivity index (χ0n) is 12.3. The van der Waals surface area contributed by atoms with E-state index in [0.29, 0.717) is 0 Å². The molecule has 3 unspecified atom stereocenters. The molecule has 0 amide bonds. The van der Waals surface area contributed by atoms with Crippen LogP contribution in [0, 0.1) is 0 Å². The van der Waals surface area contributed by atoms with Crippen molar-refractivity contribution < 1.29 is 14.2 Å². The first-order chi connectivity index (χ1) is 9.75. The van der Waals surface area contributed by atoms with Gasteiger partial charge in [0.1, 0.15) is 5.60 Å². The third-order valence-electron chi connectivity index (χ3n) is 5.29. The lowest BCUT2D eigenvalue weighted by molar-refractivity contribution is -0.177. The van der Waals surface area contributed by atoms with Gasteiger partial charge >= 0.3 is 0 Å². The summed E-state index contributed by atoms with van der Waals surface area (Å²) in [7, 11) is 1.77. The molecule has 3 heterocycles. The molecule has 3 fully saturated rings. The third kappa shape index (κ3) is 1.66. The van der Waals surface area contributed by atoms with Crippen LogP contribution in [0.3, 0.4) is 0 Å². The highest BCUT2D eigenvalue weighted by molar-refractivity contribution is 5.41. The van der Waals surface area contributed by atoms with Gasteiger partial charge in [0.05, 0.1) is 19.0 Å². The summed E-state index contributed by atoms with van der Waals surface area (Å²) in [5.41, 5.74) is 4.49. The molecule has 0 aromatic heterocycles. The summed E-state index contributed by atoms with van der Waals surface area (Å²) in [4.78, 5) is 0. The highest BCUT2D eigenvalue weighted by Gasteiger charge is 2.61. The molecule has 0 aromatic rings. The lowest BCUT2D eigenvalue weighted by atomic mass is 9.74. The normalized spacial score (nSPS) is 38.9. The van der Waals surface area contributed by atoms with E-state index in [9.17, 15) is 0 Å². The number of ether oxygens (including phenoxy) is 3. The van der Waals surface area contributed by atoms with E-state index < -0.39 is 0 Å². The van der Waals surface area contributed by atoms with Gasteiger partial charge in [0.25, 0.3) is 0 Å². The van der Waals surface area contributed by atoms with Crippen LogP contribution in [-0.2, 0) is 14.2 Å². The van der Waals surface area contributed by atoms with Crippen LogP contribution in [0.15, 0.2) is 34.6 Å². The number of rotatable bonds is 3. The lowest BCUT2D eigenvalue weighted by Gasteiger charge is -2.42. The molecule has 0 N–H and O–H groups in total. The Labute approximate surface area is 120 Å². The minimum Gasteiger partial charge on any atom is -0.501 e. The Morgan fingerprint density at radius 3 is 2.75 bits per heavy atom. The van der Waals surface area contributed by atoms with Crippen LogP contribution in [0.4, 0.5) is 0 Å². The maximum atomic E-state index is 6.05. The van der Waals surface area contributed by atoms with Crippen LogP contribution in [0.5, 0.6) is 0 Å². The SMILES string of the molecule is CCC1OC2CC1(C1=CCC3=C(CC=C(OC)C3)C1)O2. The molecule has 5 rings (SSSR count). The zero-order chi connectivity index (χ0) is 13.7. The number of methoxy groups -OCH3 is 1. The lowest BCUT2D eigenvalue weighted by Crippen LogP contribution is -2.49. The largest absolute Gasteiger partial charge is 0.501 e. The Morgan fingerprint density at radius 1 is 1.25 bits per heavy atom. The van der Waals surface area contributed by atoms with E-state index in [1.54, 1.807) is 18.3 Å². The van der Waals surface area contributed by atoms with Crippen molar-refractivity contribution in [3.8, 4) is 0 Å². The third-order valence-corrected chi connectivity index (χ3v) is 5.29. The summed E-state index contributed by atoms with van der Waals surface area (Å²) in [6.45, 7) is 2.19. The fraction of sp³-hybridized carbons (Fsp3) is 0.647. The molecule has 20 heavy (non-hydrogen) atoms. The first kappa shape index (κ1) is 12.7. The Kier molecular flexibility index (Phi) is 2.83. The van der Waals surface area contributed by atoms with E-state index in [-0.39, 0.29) is 18.0 Å². The predicted octanol–water partition coefficient (Wildman–Crippen LogP) is 3.62. The maximum absolute atomic E-state index is 6.05. The van der Waals surface area contributed by atoms with Gasteiger partial charge in [-0.1, -0.05) is 24.1 Å². The molecule has 2 bridgehead atoms. The van der Waals surface area contributed by atoms with Crippen LogP contribution in [0.2, 0.25) is 0 Å². The van der Waals surface area contributed by atoms with Gasteiger partial charge in [-0.3, -0.25) is 0 Å². The van der Waals surface area contributed by atoms with E-state index in [1.807, 2.05) is 0 Å². The molecule has 108 valence electrons. The van der Waals surface area contributed by atoms with Crippen molar-refractivity contribution in [2.45, 2.75) is 63.4 Å². The van der Waals surface area contributed by atoms with Gasteiger partial charge in [0.15, 0.2) is 6.29 Å². The van der Waals surface area contributed by atoms with Crippen molar-refractivity contribution >= 4 is 0 Å². The van der Waals surface area contributed by atoms with Crippen LogP contribution < -0.4 is 0 Å². The van der Waals surface area contributed by atoms with Crippen molar-refractivity contribution in [3.05, 3.63) is 34.6 Å². The van der Waals surface area contributed by atoms with Crippen LogP contribution in [-0.4, -0.2) is 25.1 Å². The first-order valence-electron chi connectivity index (χ1n) is 7.70. The van der Waals surface area contributed by atoms with E-state index in [4.69, 9.17) is 14.2 Å². The molecule has 3 nitrogen and oxygen atoms in total. The van der Waals surface area contributed by atoms with Crippen molar-refractivity contribution in [1.82, 2.24) is 0 Å². The van der Waals surface area contributed by atoms with E-state index in [2.05, 4.69) is 19.1 Å². The fourth-order valence-corrected chi connectivity index (χ4v) is 4.12. The Bertz CT molecular complexity index is 520. The highest BCUT2D eigenvalue weighted by atomic mass is 16.8. The number of hydrogen-bond donors (Lipinski definition) is 0. The van der Waals surface area contributed by atoms with Gasteiger partial charge in [0.2, 0.25) is 0 Å². The molecule has 5 aliphatic rings. The molecule has 3 saturated heterocycles. The summed E-state index contributed by atoms with van der Waals surface area (Å²) in [5, 5.41) is 0. The molecular formula is C17H22O3. The summed E-state index contributed by atoms with van der Waals surface area (Å²) >= 11 is 0. The molecule has 3 atom stereocenters. The van der Waals surface area contributed by atoms with Gasteiger partial charge in [-0.25, -0.2) is 0 Å². The minimum atomic E-state index is -0.0941. The summed E-state index contributed by atoms with van der Waals surface area (Å²) < 4.78 is 17.3. The zero-order valence-corrected chi connectivity index (χ0v) is 12.3. The van der Waals surface area contributed by atoms with Gasteiger partial charge in [0, 0.05) is 12.8 Å². The van der Waals surface area contributed by atoms with Gasteiger partial charge in [-0.15, -0.1) is 0 Å². The number of fused-ring (bicyclic) bond motifs is 1. The monoisotopic (exact) mass is 274 g/mol. The second-order valence-corrected chi connectivity index (χ2v) is 6.25. The number of allylic oxidation sites excluding steroid dienone is 4. The molecular weight excluding hydrogens is 252 g/mol. The molecule has 0 aromatic carbocycles. The Hall–Kier alpha value is -1.06. The first-order valence-corrected chi connectivity index (χ1v) is 7.70. The summed E-state index contributed by atoms with van der Waals surface area (Å²) in [6.07, 6.45) is 11.2. The second kappa shape index (κ2) is 4.47.